The van der Waals surface area contributed by atoms with Crippen molar-refractivity contribution >= 4 is 0 Å². The first-order valence-corrected chi connectivity index (χ1v) is 12.1. The van der Waals surface area contributed by atoms with E-state index < -0.39 is 0 Å². The zero-order valence-corrected chi connectivity index (χ0v) is 22.5. The number of hydrogen-bond donors (Lipinski definition) is 4. The third kappa shape index (κ3) is 7.48. The Morgan fingerprint density at radius 3 is 1.24 bits per heavy atom. The van der Waals surface area contributed by atoms with E-state index in [2.05, 4.69) is 90.3 Å². The Kier molecular flexibility index (Phi) is 8.30. The number of benzene rings is 2. The second-order valence-electron chi connectivity index (χ2n) is 12.5. The normalized spacial score (nSPS) is 12.9. The maximum absolute atomic E-state index is 10.5. The summed E-state index contributed by atoms with van der Waals surface area (Å²) in [6, 6.07) is 8.40. The van der Waals surface area contributed by atoms with E-state index in [1.807, 2.05) is 13.8 Å². The van der Waals surface area contributed by atoms with E-state index in [0.717, 1.165) is 35.3 Å². The summed E-state index contributed by atoms with van der Waals surface area (Å²) in [5.74, 6) is 0.770. The molecule has 2 aromatic rings. The van der Waals surface area contributed by atoms with Crippen LogP contribution in [0.3, 0.4) is 0 Å². The first kappa shape index (κ1) is 27.2. The Bertz CT molecular complexity index is 886. The highest BCUT2D eigenvalue weighted by molar-refractivity contribution is 5.46. The lowest BCUT2D eigenvalue weighted by Gasteiger charge is -2.27. The molecule has 0 aliphatic rings. The smallest absolute Gasteiger partial charge is 0.122 e. The van der Waals surface area contributed by atoms with Crippen molar-refractivity contribution < 1.29 is 10.2 Å². The van der Waals surface area contributed by atoms with Crippen LogP contribution in [0.25, 0.3) is 0 Å². The quantitative estimate of drug-likeness (QED) is 0.383. The van der Waals surface area contributed by atoms with Crippen LogP contribution in [-0.4, -0.2) is 23.3 Å². The average molecular weight is 455 g/mol. The van der Waals surface area contributed by atoms with Crippen molar-refractivity contribution in [3.63, 3.8) is 0 Å². The topological polar surface area (TPSA) is 64.5 Å². The van der Waals surface area contributed by atoms with Crippen LogP contribution in [0, 0.1) is 19.3 Å². The molecule has 0 fully saturated rings. The molecule has 4 nitrogen and oxygen atoms in total. The Morgan fingerprint density at radius 2 is 0.939 bits per heavy atom. The zero-order valence-electron chi connectivity index (χ0n) is 22.5. The molecule has 0 saturated heterocycles. The number of aryl methyl sites for hydroxylation is 2. The molecule has 0 amide bonds. The van der Waals surface area contributed by atoms with Crippen LogP contribution in [0.15, 0.2) is 24.3 Å². The Hall–Kier alpha value is -2.04. The second-order valence-corrected chi connectivity index (χ2v) is 12.5. The van der Waals surface area contributed by atoms with E-state index in [1.54, 1.807) is 0 Å². The number of hydrogen-bond acceptors (Lipinski definition) is 4. The number of phenolic OH excluding ortho intramolecular Hbond substituents is 2. The fourth-order valence-electron chi connectivity index (χ4n) is 3.97. The monoisotopic (exact) mass is 454 g/mol. The summed E-state index contributed by atoms with van der Waals surface area (Å²) in [6.07, 6.45) is 0. The third-order valence-electron chi connectivity index (χ3n) is 6.33. The highest BCUT2D eigenvalue weighted by Crippen LogP contribution is 2.32. The van der Waals surface area contributed by atoms with Gasteiger partial charge in [-0.3, -0.25) is 0 Å². The molecule has 4 heteroatoms. The molecule has 4 N–H and O–H groups in total. The summed E-state index contributed by atoms with van der Waals surface area (Å²) in [5, 5.41) is 28.1. The molecule has 184 valence electrons. The molecular formula is C29H46N2O2. The van der Waals surface area contributed by atoms with Gasteiger partial charge in [0.1, 0.15) is 11.5 Å². The van der Waals surface area contributed by atoms with Crippen LogP contribution < -0.4 is 10.6 Å². The van der Waals surface area contributed by atoms with Crippen molar-refractivity contribution in [1.82, 2.24) is 10.6 Å². The molecule has 2 rings (SSSR count). The number of phenols is 2. The maximum Gasteiger partial charge on any atom is 0.122 e. The molecule has 0 bridgehead atoms. The van der Waals surface area contributed by atoms with Gasteiger partial charge in [-0.1, -0.05) is 79.7 Å². The minimum Gasteiger partial charge on any atom is -0.507 e. The summed E-state index contributed by atoms with van der Waals surface area (Å²) in [6.45, 7) is 24.4. The summed E-state index contributed by atoms with van der Waals surface area (Å²) in [4.78, 5) is 0. The minimum absolute atomic E-state index is 0.0125. The molecule has 0 aromatic heterocycles. The van der Waals surface area contributed by atoms with Gasteiger partial charge in [0.2, 0.25) is 0 Å². The highest BCUT2D eigenvalue weighted by Gasteiger charge is 2.21. The van der Waals surface area contributed by atoms with E-state index in [0.29, 0.717) is 24.6 Å². The summed E-state index contributed by atoms with van der Waals surface area (Å²) < 4.78 is 0. The van der Waals surface area contributed by atoms with E-state index >= 15 is 0 Å². The lowest BCUT2D eigenvalue weighted by molar-refractivity contribution is 0.317. The van der Waals surface area contributed by atoms with Gasteiger partial charge in [-0.05, 0) is 52.3 Å². The fourth-order valence-corrected chi connectivity index (χ4v) is 3.97. The molecule has 0 atom stereocenters. The van der Waals surface area contributed by atoms with Crippen molar-refractivity contribution in [2.45, 2.75) is 93.2 Å². The van der Waals surface area contributed by atoms with Crippen LogP contribution in [0.2, 0.25) is 0 Å². The van der Waals surface area contributed by atoms with Crippen molar-refractivity contribution in [1.29, 1.82) is 0 Å². The molecule has 0 heterocycles. The van der Waals surface area contributed by atoms with Gasteiger partial charge >= 0.3 is 0 Å². The molecule has 2 aromatic carbocycles. The van der Waals surface area contributed by atoms with E-state index in [1.165, 1.54) is 11.1 Å². The van der Waals surface area contributed by atoms with Crippen molar-refractivity contribution in [3.05, 3.63) is 57.6 Å². The molecule has 0 radical (unpaired) electrons. The molecule has 33 heavy (non-hydrogen) atoms. The number of nitrogens with one attached hydrogen (secondary N) is 2. The van der Waals surface area contributed by atoms with Crippen molar-refractivity contribution in [2.75, 3.05) is 13.1 Å². The van der Waals surface area contributed by atoms with Gasteiger partial charge in [0.15, 0.2) is 0 Å². The molecule has 0 aliphatic carbocycles. The first-order chi connectivity index (χ1) is 15.0. The van der Waals surface area contributed by atoms with Crippen LogP contribution in [-0.2, 0) is 23.9 Å². The van der Waals surface area contributed by atoms with Crippen molar-refractivity contribution in [3.8, 4) is 11.5 Å². The summed E-state index contributed by atoms with van der Waals surface area (Å²) in [5.41, 5.74) is 6.33. The molecular weight excluding hydrogens is 408 g/mol. The second kappa shape index (κ2) is 10.1. The highest BCUT2D eigenvalue weighted by atomic mass is 16.3. The molecule has 0 saturated carbocycles. The predicted octanol–water partition coefficient (Wildman–Crippen LogP) is 6.22. The van der Waals surface area contributed by atoms with Crippen LogP contribution in [0.4, 0.5) is 0 Å². The largest absolute Gasteiger partial charge is 0.507 e. The van der Waals surface area contributed by atoms with Gasteiger partial charge in [0, 0.05) is 37.3 Å². The van der Waals surface area contributed by atoms with E-state index in [9.17, 15) is 10.2 Å². The molecule has 0 aliphatic heterocycles. The Balaban J connectivity index is 1.97. The standard InChI is InChI=1S/C29H46N2O2/c1-19-11-23(27(3,4)5)13-21(25(19)32)15-30-17-29(9,10)18-31-16-22-14-24(28(6,7)8)12-20(2)26(22)33/h11-14,30-33H,15-18H2,1-10H3. The summed E-state index contributed by atoms with van der Waals surface area (Å²) in [7, 11) is 0. The molecule has 0 unspecified atom stereocenters. The Labute approximate surface area is 201 Å². The maximum atomic E-state index is 10.5. The lowest BCUT2D eigenvalue weighted by atomic mass is 9.84. The zero-order chi connectivity index (χ0) is 25.2. The minimum atomic E-state index is 0.0125. The van der Waals surface area contributed by atoms with Gasteiger partial charge in [0.25, 0.3) is 0 Å². The lowest BCUT2D eigenvalue weighted by Crippen LogP contribution is -2.37. The van der Waals surface area contributed by atoms with Gasteiger partial charge in [-0.25, -0.2) is 0 Å². The van der Waals surface area contributed by atoms with E-state index in [4.69, 9.17) is 0 Å². The van der Waals surface area contributed by atoms with E-state index in [-0.39, 0.29) is 16.2 Å². The number of rotatable bonds is 8. The average Bonchev–Trinajstić information content (AvgIpc) is 2.66. The Morgan fingerprint density at radius 1 is 0.606 bits per heavy atom. The third-order valence-corrected chi connectivity index (χ3v) is 6.33. The van der Waals surface area contributed by atoms with Crippen LogP contribution in [0.1, 0.15) is 88.8 Å². The van der Waals surface area contributed by atoms with Crippen LogP contribution in [0.5, 0.6) is 11.5 Å². The first-order valence-electron chi connectivity index (χ1n) is 12.1. The number of aromatic hydroxyl groups is 2. The molecule has 0 spiro atoms. The van der Waals surface area contributed by atoms with Gasteiger partial charge in [-0.15, -0.1) is 0 Å². The van der Waals surface area contributed by atoms with Crippen LogP contribution >= 0.6 is 0 Å². The van der Waals surface area contributed by atoms with Gasteiger partial charge < -0.3 is 20.8 Å². The van der Waals surface area contributed by atoms with Gasteiger partial charge in [-0.2, -0.15) is 0 Å². The predicted molar refractivity (Wildman–Crippen MR) is 140 cm³/mol. The fraction of sp³-hybridized carbons (Fsp3) is 0.586. The van der Waals surface area contributed by atoms with Crippen molar-refractivity contribution in [2.24, 2.45) is 5.41 Å². The summed E-state index contributed by atoms with van der Waals surface area (Å²) >= 11 is 0. The van der Waals surface area contributed by atoms with Gasteiger partial charge in [0.05, 0.1) is 0 Å². The SMILES string of the molecule is Cc1cc(C(C)(C)C)cc(CNCC(C)(C)CNCc2cc(C(C)(C)C)cc(C)c2O)c1O.